The molecule has 0 bridgehead atoms. The highest BCUT2D eigenvalue weighted by molar-refractivity contribution is 9.10. The van der Waals surface area contributed by atoms with Gasteiger partial charge in [-0.1, -0.05) is 28.1 Å². The first-order chi connectivity index (χ1) is 8.49. The van der Waals surface area contributed by atoms with Crippen LogP contribution in [-0.2, 0) is 0 Å². The Morgan fingerprint density at radius 1 is 1.06 bits per heavy atom. The summed E-state index contributed by atoms with van der Waals surface area (Å²) in [4.78, 5) is 0. The van der Waals surface area contributed by atoms with Crippen LogP contribution in [0.4, 0.5) is 8.78 Å². The molecule has 1 atom stereocenters. The van der Waals surface area contributed by atoms with E-state index >= 15 is 0 Å². The van der Waals surface area contributed by atoms with Crippen LogP contribution in [0.3, 0.4) is 0 Å². The van der Waals surface area contributed by atoms with Gasteiger partial charge in [0.05, 0.1) is 6.04 Å². The molecule has 2 rings (SSSR count). The Kier molecular flexibility index (Phi) is 3.78. The first kappa shape index (κ1) is 13.2. The summed E-state index contributed by atoms with van der Waals surface area (Å²) in [5.74, 6) is -0.999. The van der Waals surface area contributed by atoms with Gasteiger partial charge in [-0.15, -0.1) is 0 Å². The van der Waals surface area contributed by atoms with Crippen molar-refractivity contribution in [2.45, 2.75) is 13.0 Å². The molecule has 1 nitrogen and oxygen atoms in total. The number of aryl methyl sites for hydroxylation is 1. The molecule has 0 radical (unpaired) electrons. The van der Waals surface area contributed by atoms with Gasteiger partial charge in [-0.2, -0.15) is 0 Å². The fourth-order valence-corrected chi connectivity index (χ4v) is 2.54. The lowest BCUT2D eigenvalue weighted by Gasteiger charge is -2.15. The SMILES string of the molecule is Cc1ccc(C(N)c2cc(F)ccc2F)c(Br)c1. The van der Waals surface area contributed by atoms with Crippen LogP contribution in [0, 0.1) is 18.6 Å². The van der Waals surface area contributed by atoms with E-state index < -0.39 is 17.7 Å². The molecular formula is C14H12BrF2N. The molecule has 2 aromatic carbocycles. The fraction of sp³-hybridized carbons (Fsp3) is 0.143. The van der Waals surface area contributed by atoms with Crippen LogP contribution in [0.2, 0.25) is 0 Å². The molecular weight excluding hydrogens is 300 g/mol. The van der Waals surface area contributed by atoms with Crippen molar-refractivity contribution in [2.24, 2.45) is 5.73 Å². The molecule has 1 unspecified atom stereocenters. The third-order valence-electron chi connectivity index (χ3n) is 2.78. The van der Waals surface area contributed by atoms with Crippen LogP contribution in [0.1, 0.15) is 22.7 Å². The monoisotopic (exact) mass is 311 g/mol. The molecule has 0 saturated carbocycles. The summed E-state index contributed by atoms with van der Waals surface area (Å²) in [6.07, 6.45) is 0. The maximum atomic E-state index is 13.7. The topological polar surface area (TPSA) is 26.0 Å². The van der Waals surface area contributed by atoms with Crippen LogP contribution in [0.5, 0.6) is 0 Å². The molecule has 0 spiro atoms. The molecule has 18 heavy (non-hydrogen) atoms. The zero-order valence-corrected chi connectivity index (χ0v) is 11.3. The van der Waals surface area contributed by atoms with E-state index in [0.717, 1.165) is 33.8 Å². The molecule has 94 valence electrons. The van der Waals surface area contributed by atoms with E-state index in [0.29, 0.717) is 0 Å². The highest BCUT2D eigenvalue weighted by atomic mass is 79.9. The van der Waals surface area contributed by atoms with Crippen molar-refractivity contribution in [2.75, 3.05) is 0 Å². The second kappa shape index (κ2) is 5.16. The summed E-state index contributed by atoms with van der Waals surface area (Å²) in [6, 6.07) is 8.20. The first-order valence-electron chi connectivity index (χ1n) is 5.45. The van der Waals surface area contributed by atoms with E-state index in [1.807, 2.05) is 25.1 Å². The zero-order valence-electron chi connectivity index (χ0n) is 9.75. The Bertz CT molecular complexity index is 584. The summed E-state index contributed by atoms with van der Waals surface area (Å²) >= 11 is 3.39. The van der Waals surface area contributed by atoms with Gasteiger partial charge in [-0.25, -0.2) is 8.78 Å². The highest BCUT2D eigenvalue weighted by Crippen LogP contribution is 2.29. The Morgan fingerprint density at radius 3 is 2.44 bits per heavy atom. The molecule has 0 saturated heterocycles. The molecule has 0 amide bonds. The van der Waals surface area contributed by atoms with Crippen molar-refractivity contribution in [3.63, 3.8) is 0 Å². The molecule has 0 aliphatic rings. The maximum Gasteiger partial charge on any atom is 0.128 e. The highest BCUT2D eigenvalue weighted by Gasteiger charge is 2.16. The minimum absolute atomic E-state index is 0.152. The molecule has 2 aromatic rings. The quantitative estimate of drug-likeness (QED) is 0.888. The van der Waals surface area contributed by atoms with Crippen molar-refractivity contribution >= 4 is 15.9 Å². The van der Waals surface area contributed by atoms with E-state index in [4.69, 9.17) is 5.73 Å². The summed E-state index contributed by atoms with van der Waals surface area (Å²) in [5.41, 5.74) is 7.95. The lowest BCUT2D eigenvalue weighted by Crippen LogP contribution is -2.14. The smallest absolute Gasteiger partial charge is 0.128 e. The molecule has 0 aromatic heterocycles. The van der Waals surface area contributed by atoms with Gasteiger partial charge in [0.25, 0.3) is 0 Å². The predicted octanol–water partition coefficient (Wildman–Crippen LogP) is 4.08. The first-order valence-corrected chi connectivity index (χ1v) is 6.25. The molecule has 0 heterocycles. The summed E-state index contributed by atoms with van der Waals surface area (Å²) in [5, 5.41) is 0. The number of rotatable bonds is 2. The summed E-state index contributed by atoms with van der Waals surface area (Å²) in [7, 11) is 0. The average Bonchev–Trinajstić information content (AvgIpc) is 2.31. The van der Waals surface area contributed by atoms with Gasteiger partial charge in [0.15, 0.2) is 0 Å². The largest absolute Gasteiger partial charge is 0.320 e. The van der Waals surface area contributed by atoms with Gasteiger partial charge in [0, 0.05) is 10.0 Å². The van der Waals surface area contributed by atoms with E-state index in [-0.39, 0.29) is 5.56 Å². The van der Waals surface area contributed by atoms with E-state index in [1.165, 1.54) is 0 Å². The van der Waals surface area contributed by atoms with Crippen LogP contribution >= 0.6 is 15.9 Å². The normalized spacial score (nSPS) is 12.5. The second-order valence-corrected chi connectivity index (χ2v) is 5.02. The Hall–Kier alpha value is -1.26. The maximum absolute atomic E-state index is 13.7. The minimum Gasteiger partial charge on any atom is -0.320 e. The van der Waals surface area contributed by atoms with E-state index in [1.54, 1.807) is 0 Å². The molecule has 0 aliphatic heterocycles. The van der Waals surface area contributed by atoms with Gasteiger partial charge in [0.1, 0.15) is 11.6 Å². The van der Waals surface area contributed by atoms with E-state index in [9.17, 15) is 8.78 Å². The van der Waals surface area contributed by atoms with Crippen molar-refractivity contribution < 1.29 is 8.78 Å². The second-order valence-electron chi connectivity index (χ2n) is 4.17. The Morgan fingerprint density at radius 2 is 1.78 bits per heavy atom. The molecule has 0 fully saturated rings. The van der Waals surface area contributed by atoms with Crippen molar-refractivity contribution in [3.8, 4) is 0 Å². The molecule has 2 N–H and O–H groups in total. The van der Waals surface area contributed by atoms with Gasteiger partial charge < -0.3 is 5.73 Å². The van der Waals surface area contributed by atoms with Gasteiger partial charge in [-0.05, 0) is 42.3 Å². The van der Waals surface area contributed by atoms with Gasteiger partial charge >= 0.3 is 0 Å². The van der Waals surface area contributed by atoms with Crippen LogP contribution in [-0.4, -0.2) is 0 Å². The minimum atomic E-state index is -0.698. The van der Waals surface area contributed by atoms with Crippen molar-refractivity contribution in [3.05, 3.63) is 69.2 Å². The van der Waals surface area contributed by atoms with Crippen molar-refractivity contribution in [1.82, 2.24) is 0 Å². The third kappa shape index (κ3) is 2.60. The number of hydrogen-bond donors (Lipinski definition) is 1. The number of benzene rings is 2. The fourth-order valence-electron chi connectivity index (χ4n) is 1.80. The third-order valence-corrected chi connectivity index (χ3v) is 3.47. The lowest BCUT2D eigenvalue weighted by molar-refractivity contribution is 0.576. The summed E-state index contributed by atoms with van der Waals surface area (Å²) in [6.45, 7) is 1.95. The van der Waals surface area contributed by atoms with Crippen LogP contribution in [0.25, 0.3) is 0 Å². The molecule has 0 aliphatic carbocycles. The predicted molar refractivity (Wildman–Crippen MR) is 71.3 cm³/mol. The number of nitrogens with two attached hydrogens (primary N) is 1. The average molecular weight is 312 g/mol. The number of halogens is 3. The summed E-state index contributed by atoms with van der Waals surface area (Å²) < 4.78 is 27.6. The Balaban J connectivity index is 2.47. The van der Waals surface area contributed by atoms with Gasteiger partial charge in [-0.3, -0.25) is 0 Å². The lowest BCUT2D eigenvalue weighted by atomic mass is 9.98. The standard InChI is InChI=1S/C14H12BrF2N/c1-8-2-4-10(12(15)6-8)14(18)11-7-9(16)3-5-13(11)17/h2-7,14H,18H2,1H3. The van der Waals surface area contributed by atoms with E-state index in [2.05, 4.69) is 15.9 Å². The number of hydrogen-bond acceptors (Lipinski definition) is 1. The Labute approximate surface area is 113 Å². The van der Waals surface area contributed by atoms with Crippen LogP contribution in [0.15, 0.2) is 40.9 Å². The zero-order chi connectivity index (χ0) is 13.3. The van der Waals surface area contributed by atoms with Gasteiger partial charge in [0.2, 0.25) is 0 Å². The van der Waals surface area contributed by atoms with Crippen LogP contribution < -0.4 is 5.73 Å². The van der Waals surface area contributed by atoms with Crippen molar-refractivity contribution in [1.29, 1.82) is 0 Å². The molecule has 4 heteroatoms.